The van der Waals surface area contributed by atoms with Gasteiger partial charge in [0.25, 0.3) is 5.91 Å². The predicted molar refractivity (Wildman–Crippen MR) is 92.1 cm³/mol. The minimum atomic E-state index is -0.409. The van der Waals surface area contributed by atoms with E-state index in [0.29, 0.717) is 5.65 Å². The lowest BCUT2D eigenvalue weighted by Crippen LogP contribution is -2.12. The van der Waals surface area contributed by atoms with Gasteiger partial charge < -0.3 is 4.42 Å². The summed E-state index contributed by atoms with van der Waals surface area (Å²) in [4.78, 5) is 16.4. The van der Waals surface area contributed by atoms with Gasteiger partial charge in [0.15, 0.2) is 11.4 Å². The fourth-order valence-corrected chi connectivity index (χ4v) is 2.69. The number of furan rings is 1. The van der Waals surface area contributed by atoms with Crippen LogP contribution in [0.4, 0.5) is 5.95 Å². The van der Waals surface area contributed by atoms with Gasteiger partial charge in [-0.1, -0.05) is 17.3 Å². The van der Waals surface area contributed by atoms with Crippen molar-refractivity contribution in [2.24, 2.45) is 0 Å². The van der Waals surface area contributed by atoms with E-state index in [2.05, 4.69) is 25.7 Å². The summed E-state index contributed by atoms with van der Waals surface area (Å²) in [6.07, 6.45) is 3.18. The highest BCUT2D eigenvalue weighted by Gasteiger charge is 2.13. The summed E-state index contributed by atoms with van der Waals surface area (Å²) in [5.41, 5.74) is 3.06. The Morgan fingerprint density at radius 1 is 1.12 bits per heavy atom. The molecule has 5 rings (SSSR count). The highest BCUT2D eigenvalue weighted by Crippen LogP contribution is 2.17. The first kappa shape index (κ1) is 14.3. The lowest BCUT2D eigenvalue weighted by atomic mass is 10.3. The van der Waals surface area contributed by atoms with Gasteiger partial charge in [-0.25, -0.2) is 9.20 Å². The molecule has 0 aliphatic rings. The summed E-state index contributed by atoms with van der Waals surface area (Å²) >= 11 is 0. The fourth-order valence-electron chi connectivity index (χ4n) is 2.69. The Kier molecular flexibility index (Phi) is 3.04. The topological polar surface area (TPSA) is 103 Å². The molecule has 0 aliphatic carbocycles. The third-order valence-electron chi connectivity index (χ3n) is 3.89. The second-order valence-corrected chi connectivity index (χ2v) is 5.54. The summed E-state index contributed by atoms with van der Waals surface area (Å²) in [5.74, 6) is -0.0287. The number of fused-ring (bicyclic) bond motifs is 2. The molecule has 0 saturated carbocycles. The number of amides is 1. The molecule has 26 heavy (non-hydrogen) atoms. The van der Waals surface area contributed by atoms with Crippen molar-refractivity contribution >= 4 is 28.5 Å². The molecule has 0 radical (unpaired) electrons. The van der Waals surface area contributed by atoms with Crippen LogP contribution in [0.5, 0.6) is 0 Å². The number of hydrogen-bond donors (Lipinski definition) is 1. The maximum atomic E-state index is 12.0. The first-order valence-corrected chi connectivity index (χ1v) is 7.80. The average Bonchev–Trinajstić information content (AvgIpc) is 3.39. The van der Waals surface area contributed by atoms with Crippen LogP contribution in [0.3, 0.4) is 0 Å². The Bertz CT molecular complexity index is 1240. The molecule has 1 N–H and O–H groups in total. The van der Waals surface area contributed by atoms with E-state index in [9.17, 15) is 4.79 Å². The molecular formula is C17H11N7O2. The van der Waals surface area contributed by atoms with Crippen LogP contribution in [0, 0.1) is 0 Å². The fraction of sp³-hybridized carbons (Fsp3) is 0. The van der Waals surface area contributed by atoms with Gasteiger partial charge in [0.05, 0.1) is 17.5 Å². The van der Waals surface area contributed by atoms with Crippen molar-refractivity contribution in [3.63, 3.8) is 0 Å². The molecule has 4 heterocycles. The first-order valence-electron chi connectivity index (χ1n) is 7.80. The third kappa shape index (κ3) is 2.30. The van der Waals surface area contributed by atoms with Crippen molar-refractivity contribution in [1.82, 2.24) is 29.6 Å². The predicted octanol–water partition coefficient (Wildman–Crippen LogP) is 2.31. The van der Waals surface area contributed by atoms with Crippen LogP contribution in [0.15, 0.2) is 65.4 Å². The minimum Gasteiger partial charge on any atom is -0.459 e. The van der Waals surface area contributed by atoms with Gasteiger partial charge in [0.2, 0.25) is 5.95 Å². The molecule has 0 bridgehead atoms. The summed E-state index contributed by atoms with van der Waals surface area (Å²) in [6.45, 7) is 0. The van der Waals surface area contributed by atoms with E-state index in [4.69, 9.17) is 4.42 Å². The number of benzene rings is 1. The molecule has 0 unspecified atom stereocenters. The van der Waals surface area contributed by atoms with Crippen LogP contribution in [-0.4, -0.2) is 35.5 Å². The molecule has 4 aromatic heterocycles. The average molecular weight is 345 g/mol. The molecule has 5 aromatic rings. The number of carbonyl (C=O) groups excluding carboxylic acids is 1. The van der Waals surface area contributed by atoms with Crippen LogP contribution in [0.1, 0.15) is 10.6 Å². The van der Waals surface area contributed by atoms with Gasteiger partial charge in [-0.15, -0.1) is 10.2 Å². The van der Waals surface area contributed by atoms with Crippen molar-refractivity contribution < 1.29 is 9.21 Å². The van der Waals surface area contributed by atoms with Gasteiger partial charge in [0, 0.05) is 12.3 Å². The van der Waals surface area contributed by atoms with E-state index in [0.717, 1.165) is 16.7 Å². The Balaban J connectivity index is 1.51. The van der Waals surface area contributed by atoms with Crippen LogP contribution in [-0.2, 0) is 0 Å². The molecule has 1 aromatic carbocycles. The lowest BCUT2D eigenvalue weighted by molar-refractivity contribution is 0.0996. The second-order valence-electron chi connectivity index (χ2n) is 5.54. The summed E-state index contributed by atoms with van der Waals surface area (Å²) < 4.78 is 8.35. The largest absolute Gasteiger partial charge is 0.459 e. The first-order chi connectivity index (χ1) is 12.8. The van der Waals surface area contributed by atoms with Crippen LogP contribution in [0.2, 0.25) is 0 Å². The number of pyridine rings is 1. The molecule has 0 aliphatic heterocycles. The molecule has 0 atom stereocenters. The van der Waals surface area contributed by atoms with E-state index in [1.54, 1.807) is 27.5 Å². The smallest absolute Gasteiger partial charge is 0.293 e. The maximum absolute atomic E-state index is 12.0. The lowest BCUT2D eigenvalue weighted by Gasteiger charge is -2.01. The summed E-state index contributed by atoms with van der Waals surface area (Å²) in [6, 6.07) is 14.6. The van der Waals surface area contributed by atoms with Crippen LogP contribution >= 0.6 is 0 Å². The van der Waals surface area contributed by atoms with E-state index < -0.39 is 5.91 Å². The van der Waals surface area contributed by atoms with E-state index in [-0.39, 0.29) is 11.7 Å². The van der Waals surface area contributed by atoms with E-state index >= 15 is 0 Å². The summed E-state index contributed by atoms with van der Waals surface area (Å²) in [7, 11) is 0. The normalized spacial score (nSPS) is 11.2. The van der Waals surface area contributed by atoms with Crippen molar-refractivity contribution in [3.05, 3.63) is 66.8 Å². The molecule has 1 amide bonds. The van der Waals surface area contributed by atoms with Gasteiger partial charge in [-0.3, -0.25) is 10.1 Å². The number of anilines is 1. The van der Waals surface area contributed by atoms with Crippen LogP contribution in [0.25, 0.3) is 22.4 Å². The van der Waals surface area contributed by atoms with E-state index in [1.807, 2.05) is 36.4 Å². The highest BCUT2D eigenvalue weighted by atomic mass is 16.3. The minimum absolute atomic E-state index is 0.187. The molecule has 0 fully saturated rings. The quantitative estimate of drug-likeness (QED) is 0.538. The number of carbonyl (C=O) groups is 1. The Morgan fingerprint density at radius 2 is 2.04 bits per heavy atom. The van der Waals surface area contributed by atoms with Gasteiger partial charge >= 0.3 is 0 Å². The molecule has 126 valence electrons. The SMILES string of the molecule is O=C(Nc1nc2cc(-n3nnc4ccccc43)ccn2n1)c1ccco1. The van der Waals surface area contributed by atoms with Crippen molar-refractivity contribution in [1.29, 1.82) is 0 Å². The second kappa shape index (κ2) is 5.52. The number of nitrogens with one attached hydrogen (secondary N) is 1. The van der Waals surface area contributed by atoms with Gasteiger partial charge in [-0.05, 0) is 30.3 Å². The van der Waals surface area contributed by atoms with Crippen molar-refractivity contribution in [3.8, 4) is 5.69 Å². The zero-order chi connectivity index (χ0) is 17.5. The van der Waals surface area contributed by atoms with Gasteiger partial charge in [0.1, 0.15) is 5.52 Å². The van der Waals surface area contributed by atoms with Gasteiger partial charge in [-0.2, -0.15) is 4.98 Å². The Labute approximate surface area is 145 Å². The summed E-state index contributed by atoms with van der Waals surface area (Å²) in [5, 5.41) is 15.2. The van der Waals surface area contributed by atoms with E-state index in [1.165, 1.54) is 6.26 Å². The van der Waals surface area contributed by atoms with Crippen LogP contribution < -0.4 is 5.32 Å². The molecule has 0 saturated heterocycles. The maximum Gasteiger partial charge on any atom is 0.293 e. The molecule has 9 nitrogen and oxygen atoms in total. The monoisotopic (exact) mass is 345 g/mol. The van der Waals surface area contributed by atoms with Crippen molar-refractivity contribution in [2.75, 3.05) is 5.32 Å². The number of rotatable bonds is 3. The Hall–Kier alpha value is -4.01. The molecule has 0 spiro atoms. The van der Waals surface area contributed by atoms with Crippen molar-refractivity contribution in [2.45, 2.75) is 0 Å². The third-order valence-corrected chi connectivity index (χ3v) is 3.89. The molecular weight excluding hydrogens is 334 g/mol. The Morgan fingerprint density at radius 3 is 2.92 bits per heavy atom. The highest BCUT2D eigenvalue weighted by molar-refractivity contribution is 6.01. The zero-order valence-corrected chi connectivity index (χ0v) is 13.3. The zero-order valence-electron chi connectivity index (χ0n) is 13.3. The standard InChI is InChI=1S/C17H11N7O2/c25-16(14-6-3-9-26-14)19-17-18-15-10-11(7-8-23(15)21-17)24-13-5-2-1-4-12(13)20-22-24/h1-10H,(H,19,21,25). The number of aromatic nitrogens is 6. The molecule has 9 heteroatoms. The number of para-hydroxylation sites is 1. The number of hydrogen-bond acceptors (Lipinski definition) is 6. The number of nitrogens with zero attached hydrogens (tertiary/aromatic N) is 6.